The number of carbonyl (C=O) groups is 2. The molecule has 0 fully saturated rings. The van der Waals surface area contributed by atoms with Crippen LogP contribution in [0.4, 0.5) is 0 Å². The van der Waals surface area contributed by atoms with Gasteiger partial charge in [0.1, 0.15) is 5.56 Å². The Morgan fingerprint density at radius 2 is 1.66 bits per heavy atom. The van der Waals surface area contributed by atoms with Crippen molar-refractivity contribution in [1.29, 1.82) is 0 Å². The van der Waals surface area contributed by atoms with E-state index in [1.54, 1.807) is 18.5 Å². The predicted molar refractivity (Wildman–Crippen MR) is 113 cm³/mol. The van der Waals surface area contributed by atoms with Crippen molar-refractivity contribution in [2.24, 2.45) is 0 Å². The summed E-state index contributed by atoms with van der Waals surface area (Å²) < 4.78 is 12.9. The molecule has 7 heteroatoms. The molecule has 1 aromatic heterocycles. The second-order valence-electron chi connectivity index (χ2n) is 6.27. The molecule has 0 aliphatic rings. The lowest BCUT2D eigenvalue weighted by molar-refractivity contribution is 0.0476. The van der Waals surface area contributed by atoms with Crippen molar-refractivity contribution in [2.45, 2.75) is 20.8 Å². The topological polar surface area (TPSA) is 70.4 Å². The highest BCUT2D eigenvalue weighted by Gasteiger charge is 2.31. The van der Waals surface area contributed by atoms with Crippen LogP contribution in [0.5, 0.6) is 0 Å². The number of ether oxygens (including phenoxy) is 2. The molecule has 0 amide bonds. The highest BCUT2D eigenvalue weighted by atomic mass is 79.9. The molecule has 0 saturated carbocycles. The molecule has 0 saturated heterocycles. The van der Waals surface area contributed by atoms with Gasteiger partial charge in [-0.05, 0) is 50.6 Å². The van der Waals surface area contributed by atoms with Crippen LogP contribution in [0.25, 0.3) is 16.9 Å². The molecule has 2 aromatic carbocycles. The fraction of sp³-hybridized carbons (Fsp3) is 0.227. The molecule has 150 valence electrons. The van der Waals surface area contributed by atoms with Gasteiger partial charge in [-0.1, -0.05) is 40.2 Å². The van der Waals surface area contributed by atoms with Gasteiger partial charge in [0, 0.05) is 10.0 Å². The van der Waals surface area contributed by atoms with Gasteiger partial charge in [0.15, 0.2) is 5.69 Å². The third-order valence-corrected chi connectivity index (χ3v) is 4.73. The van der Waals surface area contributed by atoms with Gasteiger partial charge in [0.2, 0.25) is 0 Å². The third-order valence-electron chi connectivity index (χ3n) is 4.20. The van der Waals surface area contributed by atoms with Crippen molar-refractivity contribution < 1.29 is 19.1 Å². The number of benzene rings is 2. The number of nitrogens with zero attached hydrogens (tertiary/aromatic N) is 2. The van der Waals surface area contributed by atoms with E-state index in [1.165, 1.54) is 0 Å². The van der Waals surface area contributed by atoms with Crippen molar-refractivity contribution in [3.8, 4) is 16.9 Å². The predicted octanol–water partition coefficient (Wildman–Crippen LogP) is 4.96. The van der Waals surface area contributed by atoms with E-state index >= 15 is 0 Å². The molecule has 0 unspecified atom stereocenters. The molecule has 6 nitrogen and oxygen atoms in total. The van der Waals surface area contributed by atoms with Crippen LogP contribution >= 0.6 is 15.9 Å². The number of rotatable bonds is 6. The van der Waals surface area contributed by atoms with Gasteiger partial charge in [-0.15, -0.1) is 0 Å². The number of aromatic nitrogens is 2. The maximum Gasteiger partial charge on any atom is 0.359 e. The Morgan fingerprint density at radius 1 is 1.00 bits per heavy atom. The standard InChI is InChI=1S/C22H21BrN2O4/c1-4-28-21(26)18-19(22(27)29-5-2)24-25(17-8-6-7-14(3)13-17)20(18)15-9-11-16(23)12-10-15/h6-13H,4-5H2,1-3H3. The van der Waals surface area contributed by atoms with Crippen LogP contribution in [0, 0.1) is 6.92 Å². The van der Waals surface area contributed by atoms with E-state index in [4.69, 9.17) is 9.47 Å². The minimum Gasteiger partial charge on any atom is -0.462 e. The second-order valence-corrected chi connectivity index (χ2v) is 7.19. The highest BCUT2D eigenvalue weighted by molar-refractivity contribution is 9.10. The molecule has 0 aliphatic carbocycles. The normalized spacial score (nSPS) is 10.6. The van der Waals surface area contributed by atoms with Crippen molar-refractivity contribution in [3.63, 3.8) is 0 Å². The lowest BCUT2D eigenvalue weighted by Gasteiger charge is -2.10. The van der Waals surface area contributed by atoms with E-state index in [9.17, 15) is 9.59 Å². The molecular formula is C22H21BrN2O4. The van der Waals surface area contributed by atoms with Crippen LogP contribution in [0.15, 0.2) is 53.0 Å². The number of esters is 2. The zero-order chi connectivity index (χ0) is 21.0. The van der Waals surface area contributed by atoms with Gasteiger partial charge in [0.05, 0.1) is 24.6 Å². The first-order chi connectivity index (χ1) is 14.0. The minimum absolute atomic E-state index is 0.0651. The number of hydrogen-bond donors (Lipinski definition) is 0. The summed E-state index contributed by atoms with van der Waals surface area (Å²) in [5, 5.41) is 4.47. The minimum atomic E-state index is -0.666. The van der Waals surface area contributed by atoms with Crippen molar-refractivity contribution in [3.05, 3.63) is 69.8 Å². The zero-order valence-electron chi connectivity index (χ0n) is 16.4. The van der Waals surface area contributed by atoms with Gasteiger partial charge in [0.25, 0.3) is 0 Å². The highest BCUT2D eigenvalue weighted by Crippen LogP contribution is 2.31. The van der Waals surface area contributed by atoms with Crippen molar-refractivity contribution >= 4 is 27.9 Å². The van der Waals surface area contributed by atoms with E-state index in [2.05, 4.69) is 21.0 Å². The SMILES string of the molecule is CCOC(=O)c1nn(-c2cccc(C)c2)c(-c2ccc(Br)cc2)c1C(=O)OCC. The molecule has 0 spiro atoms. The molecule has 0 aliphatic heterocycles. The zero-order valence-corrected chi connectivity index (χ0v) is 18.0. The lowest BCUT2D eigenvalue weighted by Crippen LogP contribution is -2.13. The Bertz CT molecular complexity index is 1040. The Kier molecular flexibility index (Phi) is 6.49. The summed E-state index contributed by atoms with van der Waals surface area (Å²) in [7, 11) is 0. The van der Waals surface area contributed by atoms with Crippen molar-refractivity contribution in [2.75, 3.05) is 13.2 Å². The molecule has 0 radical (unpaired) electrons. The van der Waals surface area contributed by atoms with Gasteiger partial charge in [-0.25, -0.2) is 14.3 Å². The Labute approximate surface area is 177 Å². The first-order valence-corrected chi connectivity index (χ1v) is 10.1. The van der Waals surface area contributed by atoms with Crippen LogP contribution in [-0.2, 0) is 9.47 Å². The van der Waals surface area contributed by atoms with Crippen LogP contribution in [-0.4, -0.2) is 34.9 Å². The van der Waals surface area contributed by atoms with E-state index in [0.717, 1.165) is 21.3 Å². The summed E-state index contributed by atoms with van der Waals surface area (Å²) in [6, 6.07) is 15.1. The number of carbonyl (C=O) groups excluding carboxylic acids is 2. The Balaban J connectivity index is 2.34. The summed E-state index contributed by atoms with van der Waals surface area (Å²) in [4.78, 5) is 25.5. The summed E-state index contributed by atoms with van der Waals surface area (Å²) in [5.41, 5.74) is 2.98. The maximum absolute atomic E-state index is 12.9. The van der Waals surface area contributed by atoms with Gasteiger partial charge in [-0.2, -0.15) is 5.10 Å². The lowest BCUT2D eigenvalue weighted by atomic mass is 10.0. The van der Waals surface area contributed by atoms with Crippen molar-refractivity contribution in [1.82, 2.24) is 9.78 Å². The van der Waals surface area contributed by atoms with Crippen LogP contribution < -0.4 is 0 Å². The van der Waals surface area contributed by atoms with Gasteiger partial charge >= 0.3 is 11.9 Å². The molecule has 3 aromatic rings. The summed E-state index contributed by atoms with van der Waals surface area (Å²) in [6.07, 6.45) is 0. The molecule has 1 heterocycles. The quantitative estimate of drug-likeness (QED) is 0.490. The molecule has 3 rings (SSSR count). The average Bonchev–Trinajstić information content (AvgIpc) is 3.10. The Morgan fingerprint density at radius 3 is 2.28 bits per heavy atom. The average molecular weight is 457 g/mol. The number of hydrogen-bond acceptors (Lipinski definition) is 5. The fourth-order valence-corrected chi connectivity index (χ4v) is 3.24. The van der Waals surface area contributed by atoms with Crippen LogP contribution in [0.2, 0.25) is 0 Å². The second kappa shape index (κ2) is 9.05. The first-order valence-electron chi connectivity index (χ1n) is 9.26. The molecule has 0 bridgehead atoms. The fourth-order valence-electron chi connectivity index (χ4n) is 2.98. The first kappa shape index (κ1) is 20.8. The summed E-state index contributed by atoms with van der Waals surface area (Å²) >= 11 is 3.42. The monoisotopic (exact) mass is 456 g/mol. The van der Waals surface area contributed by atoms with Crippen LogP contribution in [0.1, 0.15) is 40.3 Å². The van der Waals surface area contributed by atoms with E-state index in [1.807, 2.05) is 55.5 Å². The molecular weight excluding hydrogens is 436 g/mol. The van der Waals surface area contributed by atoms with E-state index in [-0.39, 0.29) is 24.5 Å². The number of halogens is 1. The van der Waals surface area contributed by atoms with Gasteiger partial charge in [-0.3, -0.25) is 0 Å². The third kappa shape index (κ3) is 4.40. The summed E-state index contributed by atoms with van der Waals surface area (Å²) in [6.45, 7) is 5.73. The molecule has 0 atom stereocenters. The largest absolute Gasteiger partial charge is 0.462 e. The van der Waals surface area contributed by atoms with E-state index < -0.39 is 11.9 Å². The smallest absolute Gasteiger partial charge is 0.359 e. The van der Waals surface area contributed by atoms with Gasteiger partial charge < -0.3 is 9.47 Å². The van der Waals surface area contributed by atoms with E-state index in [0.29, 0.717) is 5.69 Å². The number of aryl methyl sites for hydroxylation is 1. The maximum atomic E-state index is 12.9. The summed E-state index contributed by atoms with van der Waals surface area (Å²) in [5.74, 6) is -1.28. The molecule has 29 heavy (non-hydrogen) atoms. The Hall–Kier alpha value is -2.93. The van der Waals surface area contributed by atoms with Crippen LogP contribution in [0.3, 0.4) is 0 Å². The molecule has 0 N–H and O–H groups in total.